The molecule has 0 radical (unpaired) electrons. The van der Waals surface area contributed by atoms with E-state index in [2.05, 4.69) is 45.2 Å². The van der Waals surface area contributed by atoms with Crippen LogP contribution in [-0.2, 0) is 54.7 Å². The highest BCUT2D eigenvalue weighted by molar-refractivity contribution is 5.98. The number of nitrogens with zero attached hydrogens (tertiary/aromatic N) is 5. The monoisotopic (exact) mass is 999 g/mol. The minimum absolute atomic E-state index is 0.00525. The van der Waals surface area contributed by atoms with Gasteiger partial charge < -0.3 is 39.2 Å². The predicted molar refractivity (Wildman–Crippen MR) is 278 cm³/mol. The van der Waals surface area contributed by atoms with Gasteiger partial charge in [0.25, 0.3) is 0 Å². The molecule has 388 valence electrons. The van der Waals surface area contributed by atoms with E-state index in [0.717, 1.165) is 56.9 Å². The molecule has 0 bridgehead atoms. The number of fused-ring (bicyclic) bond motifs is 2. The van der Waals surface area contributed by atoms with Crippen LogP contribution in [0.5, 0.6) is 11.5 Å². The molecule has 3 amide bonds. The average molecular weight is 999 g/mol. The fourth-order valence-corrected chi connectivity index (χ4v) is 8.29. The van der Waals surface area contributed by atoms with E-state index in [1.165, 1.54) is 4.90 Å². The Hall–Kier alpha value is -7.43. The van der Waals surface area contributed by atoms with Crippen molar-refractivity contribution < 1.29 is 48.0 Å². The first-order valence-electron chi connectivity index (χ1n) is 24.8. The van der Waals surface area contributed by atoms with E-state index in [4.69, 9.17) is 24.1 Å². The fraction of sp³-hybridized carbons (Fsp3) is 0.456. The number of nitriles is 2. The minimum atomic E-state index is -0.890. The number of amides is 3. The average Bonchev–Trinajstić information content (AvgIpc) is 3.96. The van der Waals surface area contributed by atoms with E-state index in [9.17, 15) is 34.5 Å². The molecule has 2 aliphatic heterocycles. The number of ether oxygens (including phenoxy) is 4. The topological polar surface area (TPSA) is 212 Å². The van der Waals surface area contributed by atoms with Gasteiger partial charge >= 0.3 is 18.0 Å². The van der Waals surface area contributed by atoms with Crippen molar-refractivity contribution in [1.82, 2.24) is 10.2 Å². The molecule has 0 saturated carbocycles. The number of aliphatic carboxylic acids is 1. The van der Waals surface area contributed by atoms with Crippen molar-refractivity contribution in [3.8, 4) is 23.6 Å². The van der Waals surface area contributed by atoms with E-state index < -0.39 is 29.2 Å². The van der Waals surface area contributed by atoms with Crippen LogP contribution in [-0.4, -0.2) is 90.3 Å². The van der Waals surface area contributed by atoms with Gasteiger partial charge in [-0.2, -0.15) is 10.5 Å². The summed E-state index contributed by atoms with van der Waals surface area (Å²) in [5.41, 5.74) is 7.45. The van der Waals surface area contributed by atoms with Gasteiger partial charge in [-0.3, -0.25) is 24.1 Å². The highest BCUT2D eigenvalue weighted by Crippen LogP contribution is 2.34. The Morgan fingerprint density at radius 1 is 0.671 bits per heavy atom. The standard InChI is InChI=1S/C33H43N3O6.C24H27N3O4/c1-22(2)27-11-9-23(17-25(27)19-34)21-40-26-10-12-28-24(18-26)13-16-36(28)29(37)20-35(31(39)42-33(6,7)8)15-14-30(38)41-32(3,4)5;1-16(2)21-5-3-17(11-19(21)13-25)15-31-20-4-6-22-18(12-20)8-10-27(22)23(28)14-26-9-7-24(29)30/h9-12,17-18,22H,13-16,20-21H2,1-8H3;3-6,11-12,16,26H,7-10,14-15H2,1-2H3,(H,29,30). The maximum Gasteiger partial charge on any atom is 0.410 e. The Morgan fingerprint density at radius 3 is 1.59 bits per heavy atom. The Kier molecular flexibility index (Phi) is 19.6. The smallest absolute Gasteiger partial charge is 0.410 e. The number of anilines is 2. The molecule has 4 aromatic carbocycles. The number of rotatable bonds is 18. The number of carbonyl (C=O) groups is 5. The van der Waals surface area contributed by atoms with Crippen molar-refractivity contribution in [3.63, 3.8) is 0 Å². The quantitative estimate of drug-likeness (QED) is 0.0704. The molecule has 4 aromatic rings. The molecule has 2 heterocycles. The fourth-order valence-electron chi connectivity index (χ4n) is 8.29. The maximum atomic E-state index is 13.4. The molecule has 6 rings (SSSR count). The SMILES string of the molecule is CC(C)c1ccc(COc2ccc3c(c2)CCN3C(=O)CN(CCC(=O)OC(C)(C)C)C(=O)OC(C)(C)C)cc1C#N.CC(C)c1ccc(COc2ccc3c(c2)CCN3C(=O)CNCCC(=O)O)cc1C#N. The first-order chi connectivity index (χ1) is 34.4. The molecule has 0 aliphatic carbocycles. The van der Waals surface area contributed by atoms with Gasteiger partial charge in [0, 0.05) is 37.6 Å². The normalized spacial score (nSPS) is 12.7. The number of hydrogen-bond donors (Lipinski definition) is 2. The van der Waals surface area contributed by atoms with Crippen molar-refractivity contribution in [3.05, 3.63) is 117 Å². The van der Waals surface area contributed by atoms with Gasteiger partial charge in [-0.05, 0) is 148 Å². The largest absolute Gasteiger partial charge is 0.489 e. The molecule has 16 heteroatoms. The molecule has 0 saturated heterocycles. The van der Waals surface area contributed by atoms with Crippen LogP contribution in [0.1, 0.15) is 138 Å². The Bertz CT molecular complexity index is 2720. The molecule has 2 N–H and O–H groups in total. The molecule has 0 spiro atoms. The summed E-state index contributed by atoms with van der Waals surface area (Å²) in [6.07, 6.45) is 0.653. The predicted octanol–water partition coefficient (Wildman–Crippen LogP) is 9.33. The number of benzene rings is 4. The van der Waals surface area contributed by atoms with Gasteiger partial charge in [0.1, 0.15) is 42.5 Å². The summed E-state index contributed by atoms with van der Waals surface area (Å²) < 4.78 is 22.8. The van der Waals surface area contributed by atoms with Crippen LogP contribution in [0, 0.1) is 22.7 Å². The van der Waals surface area contributed by atoms with Gasteiger partial charge in [0.05, 0.1) is 42.7 Å². The summed E-state index contributed by atoms with van der Waals surface area (Å²) in [7, 11) is 0. The lowest BCUT2D eigenvalue weighted by Gasteiger charge is -2.29. The third-order valence-corrected chi connectivity index (χ3v) is 11.8. The zero-order chi connectivity index (χ0) is 53.6. The van der Waals surface area contributed by atoms with E-state index in [1.54, 1.807) is 51.3 Å². The van der Waals surface area contributed by atoms with Crippen LogP contribution < -0.4 is 24.6 Å². The lowest BCUT2D eigenvalue weighted by molar-refractivity contribution is -0.155. The zero-order valence-electron chi connectivity index (χ0n) is 43.9. The minimum Gasteiger partial charge on any atom is -0.489 e. The molecule has 73 heavy (non-hydrogen) atoms. The molecule has 0 aromatic heterocycles. The number of carboxylic acid groups (broad SMARTS) is 1. The van der Waals surface area contributed by atoms with E-state index in [-0.39, 0.29) is 56.8 Å². The van der Waals surface area contributed by atoms with Crippen LogP contribution in [0.2, 0.25) is 0 Å². The number of hydrogen-bond acceptors (Lipinski definition) is 12. The van der Waals surface area contributed by atoms with Gasteiger partial charge in [0.15, 0.2) is 0 Å². The molecule has 0 fully saturated rings. The highest BCUT2D eigenvalue weighted by atomic mass is 16.6. The number of carbonyl (C=O) groups excluding carboxylic acids is 4. The van der Waals surface area contributed by atoms with Crippen molar-refractivity contribution in [2.45, 2.75) is 131 Å². The first-order valence-corrected chi connectivity index (χ1v) is 24.8. The molecular weight excluding hydrogens is 929 g/mol. The number of carboxylic acids is 1. The highest BCUT2D eigenvalue weighted by Gasteiger charge is 2.31. The van der Waals surface area contributed by atoms with Crippen molar-refractivity contribution >= 4 is 41.2 Å². The lowest BCUT2D eigenvalue weighted by Crippen LogP contribution is -2.45. The molecule has 0 unspecified atom stereocenters. The van der Waals surface area contributed by atoms with Crippen molar-refractivity contribution in [2.75, 3.05) is 49.1 Å². The maximum absolute atomic E-state index is 13.4. The third-order valence-electron chi connectivity index (χ3n) is 11.8. The molecule has 16 nitrogen and oxygen atoms in total. The number of nitrogens with one attached hydrogen (secondary N) is 1. The molecular formula is C57H70N6O10. The van der Waals surface area contributed by atoms with Crippen LogP contribution in [0.4, 0.5) is 16.2 Å². The summed E-state index contributed by atoms with van der Waals surface area (Å²) in [5.74, 6) is 0.249. The first kappa shape index (κ1) is 56.5. The van der Waals surface area contributed by atoms with Crippen LogP contribution >= 0.6 is 0 Å². The van der Waals surface area contributed by atoms with Crippen LogP contribution in [0.15, 0.2) is 72.8 Å². The molecule has 2 aliphatic rings. The second-order valence-electron chi connectivity index (χ2n) is 20.7. The third kappa shape index (κ3) is 16.8. The van der Waals surface area contributed by atoms with E-state index in [0.29, 0.717) is 55.5 Å². The summed E-state index contributed by atoms with van der Waals surface area (Å²) >= 11 is 0. The van der Waals surface area contributed by atoms with Crippen LogP contribution in [0.3, 0.4) is 0 Å². The van der Waals surface area contributed by atoms with Crippen LogP contribution in [0.25, 0.3) is 0 Å². The Labute approximate surface area is 429 Å². The van der Waals surface area contributed by atoms with Gasteiger partial charge in [-0.1, -0.05) is 52.0 Å². The zero-order valence-corrected chi connectivity index (χ0v) is 43.9. The Balaban J connectivity index is 0.000000283. The second kappa shape index (κ2) is 25.3. The van der Waals surface area contributed by atoms with Gasteiger partial charge in [-0.15, -0.1) is 0 Å². The number of esters is 1. The summed E-state index contributed by atoms with van der Waals surface area (Å²) in [5, 5.41) is 30.4. The van der Waals surface area contributed by atoms with Crippen molar-refractivity contribution in [2.24, 2.45) is 0 Å². The van der Waals surface area contributed by atoms with Gasteiger partial charge in [-0.25, -0.2) is 4.79 Å². The second-order valence-corrected chi connectivity index (χ2v) is 20.7. The summed E-state index contributed by atoms with van der Waals surface area (Å²) in [6, 6.07) is 27.4. The molecule has 0 atom stereocenters. The Morgan fingerprint density at radius 2 is 1.15 bits per heavy atom. The summed E-state index contributed by atoms with van der Waals surface area (Å²) in [6.45, 7) is 20.7. The lowest BCUT2D eigenvalue weighted by atomic mass is 9.96. The van der Waals surface area contributed by atoms with Gasteiger partial charge in [0.2, 0.25) is 11.8 Å². The summed E-state index contributed by atoms with van der Waals surface area (Å²) in [4.78, 5) is 66.2. The van der Waals surface area contributed by atoms with E-state index in [1.807, 2.05) is 72.8 Å². The van der Waals surface area contributed by atoms with Crippen molar-refractivity contribution in [1.29, 1.82) is 10.5 Å². The van der Waals surface area contributed by atoms with E-state index >= 15 is 0 Å².